The van der Waals surface area contributed by atoms with Gasteiger partial charge in [-0.05, 0) is 13.0 Å². The first-order chi connectivity index (χ1) is 7.19. The molecule has 0 amide bonds. The van der Waals surface area contributed by atoms with Crippen molar-refractivity contribution in [3.63, 3.8) is 0 Å². The van der Waals surface area contributed by atoms with Gasteiger partial charge in [0.25, 0.3) is 0 Å². The van der Waals surface area contributed by atoms with Gasteiger partial charge >= 0.3 is 0 Å². The molecule has 0 aromatic carbocycles. The summed E-state index contributed by atoms with van der Waals surface area (Å²) in [7, 11) is 3.95. The molecule has 15 heavy (non-hydrogen) atoms. The molecule has 2 atom stereocenters. The van der Waals surface area contributed by atoms with Crippen molar-refractivity contribution in [2.45, 2.75) is 31.5 Å². The molecule has 86 valence electrons. The molecule has 2 unspecified atom stereocenters. The van der Waals surface area contributed by atoms with Gasteiger partial charge in [0.15, 0.2) is 5.16 Å². The minimum Gasteiger partial charge on any atom is -0.316 e. The number of rotatable bonds is 6. The highest BCUT2D eigenvalue weighted by Crippen LogP contribution is 2.18. The van der Waals surface area contributed by atoms with Gasteiger partial charge in [0.1, 0.15) is 6.33 Å². The van der Waals surface area contributed by atoms with Crippen LogP contribution in [0.1, 0.15) is 20.3 Å². The number of nitrogens with zero attached hydrogens (tertiary/aromatic N) is 3. The Kier molecular flexibility index (Phi) is 5.11. The zero-order valence-corrected chi connectivity index (χ0v) is 10.7. The smallest absolute Gasteiger partial charge is 0.185 e. The van der Waals surface area contributed by atoms with E-state index in [0.29, 0.717) is 12.0 Å². The van der Waals surface area contributed by atoms with Gasteiger partial charge in [0.05, 0.1) is 0 Å². The number of hydrogen-bond acceptors (Lipinski definition) is 4. The Balaban J connectivity index is 2.44. The van der Waals surface area contributed by atoms with Crippen LogP contribution in [0.5, 0.6) is 0 Å². The number of thioether (sulfide) groups is 1. The summed E-state index contributed by atoms with van der Waals surface area (Å²) in [6.45, 7) is 4.50. The van der Waals surface area contributed by atoms with E-state index in [-0.39, 0.29) is 0 Å². The van der Waals surface area contributed by atoms with Crippen molar-refractivity contribution in [1.29, 1.82) is 0 Å². The number of hydrogen-bond donors (Lipinski definition) is 1. The SMILES string of the molecule is CCC(C)C(CSc1ncnn1C)NC. The molecule has 0 bridgehead atoms. The van der Waals surface area contributed by atoms with E-state index in [9.17, 15) is 0 Å². The van der Waals surface area contributed by atoms with Crippen LogP contribution in [0.4, 0.5) is 0 Å². The van der Waals surface area contributed by atoms with E-state index in [1.165, 1.54) is 6.42 Å². The lowest BCUT2D eigenvalue weighted by molar-refractivity contribution is 0.420. The van der Waals surface area contributed by atoms with Crippen LogP contribution in [-0.2, 0) is 7.05 Å². The molecule has 4 nitrogen and oxygen atoms in total. The summed E-state index contributed by atoms with van der Waals surface area (Å²) in [6.07, 6.45) is 2.80. The van der Waals surface area contributed by atoms with Crippen molar-refractivity contribution in [3.05, 3.63) is 6.33 Å². The van der Waals surface area contributed by atoms with Gasteiger partial charge in [-0.3, -0.25) is 0 Å². The van der Waals surface area contributed by atoms with Gasteiger partial charge in [-0.2, -0.15) is 5.10 Å². The molecule has 0 saturated heterocycles. The molecule has 0 aliphatic rings. The lowest BCUT2D eigenvalue weighted by atomic mass is 10.0. The van der Waals surface area contributed by atoms with E-state index < -0.39 is 0 Å². The second-order valence-electron chi connectivity index (χ2n) is 3.76. The highest BCUT2D eigenvalue weighted by molar-refractivity contribution is 7.99. The molecule has 1 N–H and O–H groups in total. The highest BCUT2D eigenvalue weighted by Gasteiger charge is 2.14. The predicted molar refractivity (Wildman–Crippen MR) is 64.0 cm³/mol. The van der Waals surface area contributed by atoms with E-state index in [1.807, 2.05) is 18.8 Å². The first kappa shape index (κ1) is 12.5. The van der Waals surface area contributed by atoms with Crippen molar-refractivity contribution in [1.82, 2.24) is 20.1 Å². The predicted octanol–water partition coefficient (Wildman–Crippen LogP) is 1.54. The van der Waals surface area contributed by atoms with Crippen LogP contribution in [0.2, 0.25) is 0 Å². The topological polar surface area (TPSA) is 42.7 Å². The molecule has 1 aromatic rings. The summed E-state index contributed by atoms with van der Waals surface area (Å²) >= 11 is 1.76. The van der Waals surface area contributed by atoms with Crippen LogP contribution in [0.3, 0.4) is 0 Å². The Morgan fingerprint density at radius 1 is 1.60 bits per heavy atom. The lowest BCUT2D eigenvalue weighted by Crippen LogP contribution is -2.34. The first-order valence-electron chi connectivity index (χ1n) is 5.33. The Bertz CT molecular complexity index is 287. The molecule has 0 aliphatic carbocycles. The van der Waals surface area contributed by atoms with Gasteiger partial charge in [-0.1, -0.05) is 32.0 Å². The van der Waals surface area contributed by atoms with Gasteiger partial charge in [0, 0.05) is 18.8 Å². The summed E-state index contributed by atoms with van der Waals surface area (Å²) in [6, 6.07) is 0.539. The van der Waals surface area contributed by atoms with E-state index in [2.05, 4.69) is 29.2 Å². The van der Waals surface area contributed by atoms with Gasteiger partial charge in [-0.25, -0.2) is 9.67 Å². The number of nitrogens with one attached hydrogen (secondary N) is 1. The number of aromatic nitrogens is 3. The normalized spacial score (nSPS) is 15.2. The van der Waals surface area contributed by atoms with Crippen LogP contribution >= 0.6 is 11.8 Å². The molecule has 0 radical (unpaired) electrons. The fourth-order valence-corrected chi connectivity index (χ4v) is 2.58. The van der Waals surface area contributed by atoms with Crippen LogP contribution < -0.4 is 5.32 Å². The van der Waals surface area contributed by atoms with E-state index in [4.69, 9.17) is 0 Å². The molecule has 0 aliphatic heterocycles. The molecule has 5 heteroatoms. The maximum Gasteiger partial charge on any atom is 0.185 e. The molecular weight excluding hydrogens is 208 g/mol. The summed E-state index contributed by atoms with van der Waals surface area (Å²) in [5.41, 5.74) is 0. The first-order valence-corrected chi connectivity index (χ1v) is 6.31. The van der Waals surface area contributed by atoms with Crippen molar-refractivity contribution in [2.75, 3.05) is 12.8 Å². The molecule has 0 spiro atoms. The Hall–Kier alpha value is -0.550. The molecule has 1 aromatic heterocycles. The third kappa shape index (κ3) is 3.50. The standard InChI is InChI=1S/C10H20N4S/c1-5-8(2)9(11-3)6-15-10-12-7-13-14(10)4/h7-9,11H,5-6H2,1-4H3. The second kappa shape index (κ2) is 6.12. The molecule has 1 rings (SSSR count). The van der Waals surface area contributed by atoms with Gasteiger partial charge in [0.2, 0.25) is 0 Å². The zero-order chi connectivity index (χ0) is 11.3. The average Bonchev–Trinajstić information content (AvgIpc) is 2.65. The van der Waals surface area contributed by atoms with Crippen LogP contribution in [-0.4, -0.2) is 33.6 Å². The number of aryl methyl sites for hydroxylation is 1. The van der Waals surface area contributed by atoms with E-state index >= 15 is 0 Å². The Labute approximate surface area is 95.9 Å². The third-order valence-electron chi connectivity index (χ3n) is 2.76. The Morgan fingerprint density at radius 2 is 2.33 bits per heavy atom. The average molecular weight is 228 g/mol. The highest BCUT2D eigenvalue weighted by atomic mass is 32.2. The van der Waals surface area contributed by atoms with Crippen LogP contribution in [0, 0.1) is 5.92 Å². The fourth-order valence-electron chi connectivity index (χ4n) is 1.40. The van der Waals surface area contributed by atoms with Crippen molar-refractivity contribution in [3.8, 4) is 0 Å². The third-order valence-corrected chi connectivity index (χ3v) is 3.92. The molecule has 0 fully saturated rings. The van der Waals surface area contributed by atoms with Crippen molar-refractivity contribution >= 4 is 11.8 Å². The van der Waals surface area contributed by atoms with E-state index in [1.54, 1.807) is 18.1 Å². The second-order valence-corrected chi connectivity index (χ2v) is 4.75. The van der Waals surface area contributed by atoms with Gasteiger partial charge in [-0.15, -0.1) is 0 Å². The lowest BCUT2D eigenvalue weighted by Gasteiger charge is -2.21. The van der Waals surface area contributed by atoms with E-state index in [0.717, 1.165) is 10.9 Å². The largest absolute Gasteiger partial charge is 0.316 e. The monoisotopic (exact) mass is 228 g/mol. The maximum atomic E-state index is 4.19. The summed E-state index contributed by atoms with van der Waals surface area (Å²) in [4.78, 5) is 4.19. The van der Waals surface area contributed by atoms with Crippen molar-refractivity contribution < 1.29 is 0 Å². The fraction of sp³-hybridized carbons (Fsp3) is 0.800. The quantitative estimate of drug-likeness (QED) is 0.750. The van der Waals surface area contributed by atoms with Crippen LogP contribution in [0.25, 0.3) is 0 Å². The Morgan fingerprint density at radius 3 is 2.80 bits per heavy atom. The summed E-state index contributed by atoms with van der Waals surface area (Å²) in [5, 5.41) is 8.39. The summed E-state index contributed by atoms with van der Waals surface area (Å²) in [5.74, 6) is 1.73. The van der Waals surface area contributed by atoms with Gasteiger partial charge < -0.3 is 5.32 Å². The molecular formula is C10H20N4S. The molecule has 0 saturated carbocycles. The minimum absolute atomic E-state index is 0.539. The molecule has 1 heterocycles. The minimum atomic E-state index is 0.539. The summed E-state index contributed by atoms with van der Waals surface area (Å²) < 4.78 is 1.81. The maximum absolute atomic E-state index is 4.19. The zero-order valence-electron chi connectivity index (χ0n) is 9.90. The van der Waals surface area contributed by atoms with Crippen molar-refractivity contribution in [2.24, 2.45) is 13.0 Å². The van der Waals surface area contributed by atoms with Crippen LogP contribution in [0.15, 0.2) is 11.5 Å².